The summed E-state index contributed by atoms with van der Waals surface area (Å²) in [4.78, 5) is 21.0. The van der Waals surface area contributed by atoms with Gasteiger partial charge in [0.05, 0.1) is 22.5 Å². The van der Waals surface area contributed by atoms with Crippen molar-refractivity contribution < 1.29 is 35.5 Å². The van der Waals surface area contributed by atoms with Crippen LogP contribution in [0, 0.1) is 12.8 Å². The molecule has 6 rings (SSSR count). The predicted molar refractivity (Wildman–Crippen MR) is 153 cm³/mol. The van der Waals surface area contributed by atoms with Crippen molar-refractivity contribution in [1.29, 1.82) is 0 Å². The number of nitrogens with one attached hydrogen (secondary N) is 2. The number of sulfone groups is 1. The molecular formula is C28H29F4N7O4S. The van der Waals surface area contributed by atoms with Gasteiger partial charge in [-0.1, -0.05) is 6.07 Å². The number of alkyl halides is 4. The molecule has 4 aromatic rings. The zero-order chi connectivity index (χ0) is 31.6. The molecule has 1 saturated carbocycles. The Bertz CT molecular complexity index is 1880. The highest BCUT2D eigenvalue weighted by atomic mass is 32.2. The number of hydrogen-bond donors (Lipinski definition) is 2. The highest BCUT2D eigenvalue weighted by Crippen LogP contribution is 2.49. The third-order valence-corrected chi connectivity index (χ3v) is 9.04. The van der Waals surface area contributed by atoms with Crippen LogP contribution in [0.15, 0.2) is 35.4 Å². The van der Waals surface area contributed by atoms with Crippen molar-refractivity contribution in [2.75, 3.05) is 23.5 Å². The van der Waals surface area contributed by atoms with E-state index in [2.05, 4.69) is 25.7 Å². The van der Waals surface area contributed by atoms with Crippen LogP contribution in [0.1, 0.15) is 49.9 Å². The number of benzene rings is 1. The third kappa shape index (κ3) is 5.51. The van der Waals surface area contributed by atoms with Crippen molar-refractivity contribution in [2.45, 2.75) is 56.1 Å². The number of aromatic nitrogens is 5. The molecule has 1 aliphatic heterocycles. The SMILES string of the molecule is Cc1c(-c2ccc(Nc3cc(NC(=O)C4CC4(F)F)nc4c3nc(C(F)F)n4C3CCCCO3)c(S(C)(=O)=O)c2)cnn1C. The molecule has 16 heteroatoms. The Balaban J connectivity index is 1.49. The van der Waals surface area contributed by atoms with Crippen LogP contribution in [0.5, 0.6) is 0 Å². The summed E-state index contributed by atoms with van der Waals surface area (Å²) < 4.78 is 90.4. The first-order chi connectivity index (χ1) is 20.7. The van der Waals surface area contributed by atoms with Gasteiger partial charge < -0.3 is 15.4 Å². The van der Waals surface area contributed by atoms with Crippen molar-refractivity contribution in [3.8, 4) is 11.1 Å². The van der Waals surface area contributed by atoms with Gasteiger partial charge in [0, 0.05) is 43.7 Å². The number of nitrogens with zero attached hydrogens (tertiary/aromatic N) is 5. The highest BCUT2D eigenvalue weighted by Gasteiger charge is 2.61. The Morgan fingerprint density at radius 2 is 1.91 bits per heavy atom. The lowest BCUT2D eigenvalue weighted by Gasteiger charge is -2.25. The van der Waals surface area contributed by atoms with Gasteiger partial charge in [-0.15, -0.1) is 0 Å². The fraction of sp³-hybridized carbons (Fsp3) is 0.429. The molecule has 44 heavy (non-hydrogen) atoms. The zero-order valence-corrected chi connectivity index (χ0v) is 24.8. The smallest absolute Gasteiger partial charge is 0.295 e. The van der Waals surface area contributed by atoms with Gasteiger partial charge >= 0.3 is 0 Å². The molecule has 0 spiro atoms. The molecule has 0 radical (unpaired) electrons. The maximum absolute atomic E-state index is 14.3. The molecule has 0 bridgehead atoms. The van der Waals surface area contributed by atoms with Crippen molar-refractivity contribution in [3.63, 3.8) is 0 Å². The van der Waals surface area contributed by atoms with E-state index in [0.29, 0.717) is 30.6 Å². The third-order valence-electron chi connectivity index (χ3n) is 7.90. The van der Waals surface area contributed by atoms with Gasteiger partial charge in [0.15, 0.2) is 21.3 Å². The molecule has 1 saturated heterocycles. The van der Waals surface area contributed by atoms with Gasteiger partial charge in [-0.2, -0.15) is 5.10 Å². The number of carbonyl (C=O) groups excluding carboxylic acids is 1. The summed E-state index contributed by atoms with van der Waals surface area (Å²) in [5.41, 5.74) is 2.09. The van der Waals surface area contributed by atoms with Crippen LogP contribution in [0.4, 0.5) is 34.8 Å². The summed E-state index contributed by atoms with van der Waals surface area (Å²) in [5, 5.41) is 9.55. The normalized spacial score (nSPS) is 19.8. The Hall–Kier alpha value is -4.05. The highest BCUT2D eigenvalue weighted by molar-refractivity contribution is 7.90. The first-order valence-corrected chi connectivity index (χ1v) is 15.7. The monoisotopic (exact) mass is 635 g/mol. The second-order valence-electron chi connectivity index (χ2n) is 11.1. The Morgan fingerprint density at radius 1 is 1.16 bits per heavy atom. The number of anilines is 3. The molecule has 3 aromatic heterocycles. The number of amides is 1. The van der Waals surface area contributed by atoms with E-state index in [0.717, 1.165) is 22.9 Å². The zero-order valence-electron chi connectivity index (χ0n) is 23.9. The molecule has 234 valence electrons. The molecule has 2 atom stereocenters. The van der Waals surface area contributed by atoms with E-state index < -0.39 is 52.5 Å². The summed E-state index contributed by atoms with van der Waals surface area (Å²) >= 11 is 0. The standard InChI is InChI=1S/C28H29F4N7O4S/c1-14-16(13-33-38(14)2)15-7-8-18(20(10-15)44(3,41)42)34-19-11-21(36-27(40)17-12-28(17,31)32)35-25-23(19)37-26(24(29)30)39(25)22-6-4-5-9-43-22/h7-8,10-11,13,17,22,24H,4-6,9,12H2,1-3H3,(H2,34,35,36,40). The number of halogens is 4. The fourth-order valence-electron chi connectivity index (χ4n) is 5.34. The van der Waals surface area contributed by atoms with Gasteiger partial charge in [0.25, 0.3) is 12.3 Å². The summed E-state index contributed by atoms with van der Waals surface area (Å²) in [7, 11) is -2.09. The predicted octanol–water partition coefficient (Wildman–Crippen LogP) is 5.52. The molecule has 2 unspecified atom stereocenters. The number of rotatable bonds is 8. The van der Waals surface area contributed by atoms with E-state index in [1.807, 2.05) is 6.92 Å². The van der Waals surface area contributed by atoms with E-state index in [-0.39, 0.29) is 33.3 Å². The van der Waals surface area contributed by atoms with E-state index in [1.165, 1.54) is 18.2 Å². The van der Waals surface area contributed by atoms with Gasteiger partial charge in [0.1, 0.15) is 23.5 Å². The number of aryl methyl sites for hydroxylation is 1. The minimum atomic E-state index is -3.85. The van der Waals surface area contributed by atoms with E-state index in [1.54, 1.807) is 24.0 Å². The van der Waals surface area contributed by atoms with Gasteiger partial charge in [-0.05, 0) is 43.9 Å². The van der Waals surface area contributed by atoms with E-state index >= 15 is 0 Å². The molecular weight excluding hydrogens is 606 g/mol. The van der Waals surface area contributed by atoms with Gasteiger partial charge in [0.2, 0.25) is 5.91 Å². The van der Waals surface area contributed by atoms with Crippen LogP contribution in [0.2, 0.25) is 0 Å². The van der Waals surface area contributed by atoms with E-state index in [4.69, 9.17) is 4.74 Å². The average Bonchev–Trinajstić information content (AvgIpc) is 3.26. The van der Waals surface area contributed by atoms with Crippen LogP contribution < -0.4 is 10.6 Å². The van der Waals surface area contributed by atoms with E-state index in [9.17, 15) is 30.8 Å². The molecule has 2 aliphatic rings. The minimum absolute atomic E-state index is 0.0273. The van der Waals surface area contributed by atoms with Crippen LogP contribution in [0.25, 0.3) is 22.3 Å². The molecule has 1 aliphatic carbocycles. The number of imidazole rings is 1. The Morgan fingerprint density at radius 3 is 2.50 bits per heavy atom. The summed E-state index contributed by atoms with van der Waals surface area (Å²) in [5.74, 6) is -6.50. The van der Waals surface area contributed by atoms with Crippen LogP contribution in [-0.4, -0.2) is 57.4 Å². The van der Waals surface area contributed by atoms with Crippen molar-refractivity contribution in [3.05, 3.63) is 42.0 Å². The maximum Gasteiger partial charge on any atom is 0.295 e. The number of pyridine rings is 1. The lowest BCUT2D eigenvalue weighted by atomic mass is 10.1. The Kier molecular flexibility index (Phi) is 7.39. The fourth-order valence-corrected chi connectivity index (χ4v) is 6.20. The minimum Gasteiger partial charge on any atom is -0.358 e. The molecule has 1 aromatic carbocycles. The second kappa shape index (κ2) is 10.8. The van der Waals surface area contributed by atoms with Crippen LogP contribution >= 0.6 is 0 Å². The Labute approximate surface area is 249 Å². The first-order valence-electron chi connectivity index (χ1n) is 13.9. The first kappa shape index (κ1) is 30.0. The summed E-state index contributed by atoms with van der Waals surface area (Å²) in [6.45, 7) is 2.16. The summed E-state index contributed by atoms with van der Waals surface area (Å²) in [6, 6.07) is 5.91. The molecule has 2 fully saturated rings. The summed E-state index contributed by atoms with van der Waals surface area (Å²) in [6.07, 6.45) is 0.00874. The quantitative estimate of drug-likeness (QED) is 0.242. The maximum atomic E-state index is 14.3. The second-order valence-corrected chi connectivity index (χ2v) is 13.1. The topological polar surface area (TPSA) is 133 Å². The average molecular weight is 636 g/mol. The number of ether oxygens (including phenoxy) is 1. The molecule has 2 N–H and O–H groups in total. The molecule has 4 heterocycles. The molecule has 11 nitrogen and oxygen atoms in total. The van der Waals surface area contributed by atoms with Crippen LogP contribution in [-0.2, 0) is 26.4 Å². The number of fused-ring (bicyclic) bond motifs is 1. The van der Waals surface area contributed by atoms with Gasteiger partial charge in [-0.3, -0.25) is 14.0 Å². The number of hydrogen-bond acceptors (Lipinski definition) is 8. The van der Waals surface area contributed by atoms with Crippen molar-refractivity contribution >= 4 is 44.1 Å². The number of carbonyl (C=O) groups is 1. The van der Waals surface area contributed by atoms with Crippen LogP contribution in [0.3, 0.4) is 0 Å². The van der Waals surface area contributed by atoms with Crippen molar-refractivity contribution in [2.24, 2.45) is 13.0 Å². The lowest BCUT2D eigenvalue weighted by Crippen LogP contribution is -2.21. The van der Waals surface area contributed by atoms with Crippen molar-refractivity contribution in [1.82, 2.24) is 24.3 Å². The molecule has 1 amide bonds. The largest absolute Gasteiger partial charge is 0.358 e. The van der Waals surface area contributed by atoms with Gasteiger partial charge in [-0.25, -0.2) is 35.9 Å². The lowest BCUT2D eigenvalue weighted by molar-refractivity contribution is -0.119.